The van der Waals surface area contributed by atoms with Crippen molar-refractivity contribution in [3.05, 3.63) is 218 Å². The molecule has 2 aliphatic heterocycles. The average Bonchev–Trinajstić information content (AvgIpc) is 3.63. The summed E-state index contributed by atoms with van der Waals surface area (Å²) in [4.78, 5) is 4.98. The average molecular weight is 738 g/mol. The SMILES string of the molecule is c1ccc(-c2ccc3c4ccc(-c5ccccc5)cc4n(-c4cc5c6c(c4)N(c4ccccc4)c4ccccc4B6c4ccccc4N5c4ccccc4)c3c2)cc1. The molecular weight excluding hydrogens is 701 g/mol. The summed E-state index contributed by atoms with van der Waals surface area (Å²) in [6.45, 7) is 0.0545. The molecule has 0 amide bonds. The van der Waals surface area contributed by atoms with E-state index in [9.17, 15) is 0 Å². The molecule has 0 radical (unpaired) electrons. The minimum atomic E-state index is 0.0545. The van der Waals surface area contributed by atoms with Crippen LogP contribution in [0.5, 0.6) is 0 Å². The first-order valence-corrected chi connectivity index (χ1v) is 20.1. The van der Waals surface area contributed by atoms with E-state index in [1.165, 1.54) is 83.2 Å². The lowest BCUT2D eigenvalue weighted by molar-refractivity contribution is 1.16. The van der Waals surface area contributed by atoms with Gasteiger partial charge in [-0.15, -0.1) is 0 Å². The molecule has 2 aliphatic rings. The van der Waals surface area contributed by atoms with Gasteiger partial charge in [0.2, 0.25) is 0 Å². The Morgan fingerprint density at radius 1 is 0.293 bits per heavy atom. The number of nitrogens with zero attached hydrogens (tertiary/aromatic N) is 3. The Morgan fingerprint density at radius 3 is 1.14 bits per heavy atom. The zero-order valence-electron chi connectivity index (χ0n) is 31.7. The molecule has 9 aromatic carbocycles. The van der Waals surface area contributed by atoms with Crippen LogP contribution in [0.2, 0.25) is 0 Å². The van der Waals surface area contributed by atoms with Gasteiger partial charge in [-0.3, -0.25) is 0 Å². The first-order valence-electron chi connectivity index (χ1n) is 20.1. The van der Waals surface area contributed by atoms with Gasteiger partial charge < -0.3 is 14.4 Å². The summed E-state index contributed by atoms with van der Waals surface area (Å²) >= 11 is 0. The monoisotopic (exact) mass is 737 g/mol. The first-order chi connectivity index (χ1) is 28.8. The van der Waals surface area contributed by atoms with Crippen LogP contribution in [-0.4, -0.2) is 11.3 Å². The van der Waals surface area contributed by atoms with Gasteiger partial charge in [0.05, 0.1) is 16.7 Å². The second kappa shape index (κ2) is 13.0. The Kier molecular flexibility index (Phi) is 7.33. The van der Waals surface area contributed by atoms with E-state index in [4.69, 9.17) is 0 Å². The van der Waals surface area contributed by atoms with Crippen molar-refractivity contribution in [3.63, 3.8) is 0 Å². The maximum Gasteiger partial charge on any atom is 0.252 e. The summed E-state index contributed by atoms with van der Waals surface area (Å²) in [5.41, 5.74) is 19.2. The maximum absolute atomic E-state index is 2.52. The molecule has 4 heteroatoms. The predicted octanol–water partition coefficient (Wildman–Crippen LogP) is 12.2. The molecule has 0 saturated carbocycles. The maximum atomic E-state index is 2.52. The minimum Gasteiger partial charge on any atom is -0.311 e. The summed E-state index contributed by atoms with van der Waals surface area (Å²) in [6, 6.07) is 80.1. The number of hydrogen-bond acceptors (Lipinski definition) is 2. The minimum absolute atomic E-state index is 0.0545. The fourth-order valence-corrected chi connectivity index (χ4v) is 9.64. The van der Waals surface area contributed by atoms with Gasteiger partial charge in [0.1, 0.15) is 0 Å². The Hall–Kier alpha value is -7.56. The third kappa shape index (κ3) is 4.95. The number of para-hydroxylation sites is 4. The van der Waals surface area contributed by atoms with Crippen LogP contribution in [0.4, 0.5) is 34.1 Å². The standard InChI is InChI=1S/C54H36BN3/c1-5-17-37(18-6-1)39-29-31-44-45-32-30-40(38-19-7-2-8-20-38)34-51(45)58(50(44)33-39)43-35-52-54-53(36-43)57(42-23-11-4-12-24-42)49-28-16-14-26-47(49)55(54)46-25-13-15-27-48(46)56(52)41-21-9-3-10-22-41/h1-36H. The lowest BCUT2D eigenvalue weighted by atomic mass is 9.33. The first kappa shape index (κ1) is 32.7. The van der Waals surface area contributed by atoms with Crippen molar-refractivity contribution in [2.24, 2.45) is 0 Å². The third-order valence-corrected chi connectivity index (χ3v) is 12.1. The Labute approximate surface area is 338 Å². The van der Waals surface area contributed by atoms with Crippen LogP contribution >= 0.6 is 0 Å². The van der Waals surface area contributed by atoms with Crippen molar-refractivity contribution in [2.75, 3.05) is 9.80 Å². The van der Waals surface area contributed by atoms with E-state index < -0.39 is 0 Å². The zero-order valence-corrected chi connectivity index (χ0v) is 31.7. The molecule has 270 valence electrons. The highest BCUT2D eigenvalue weighted by molar-refractivity contribution is 7.00. The van der Waals surface area contributed by atoms with Crippen molar-refractivity contribution in [1.82, 2.24) is 4.57 Å². The highest BCUT2D eigenvalue weighted by atomic mass is 15.2. The number of aromatic nitrogens is 1. The van der Waals surface area contributed by atoms with Gasteiger partial charge in [-0.2, -0.15) is 0 Å². The van der Waals surface area contributed by atoms with Crippen molar-refractivity contribution >= 4 is 79.0 Å². The molecule has 12 rings (SSSR count). The van der Waals surface area contributed by atoms with Crippen molar-refractivity contribution in [3.8, 4) is 27.9 Å². The predicted molar refractivity (Wildman–Crippen MR) is 246 cm³/mol. The molecule has 0 saturated heterocycles. The molecule has 3 heterocycles. The van der Waals surface area contributed by atoms with Crippen molar-refractivity contribution < 1.29 is 0 Å². The molecule has 0 N–H and O–H groups in total. The number of hydrogen-bond donors (Lipinski definition) is 0. The third-order valence-electron chi connectivity index (χ3n) is 12.1. The molecule has 0 aliphatic carbocycles. The molecule has 0 fully saturated rings. The van der Waals surface area contributed by atoms with Gasteiger partial charge in [-0.1, -0.05) is 158 Å². The van der Waals surface area contributed by atoms with E-state index in [1.54, 1.807) is 0 Å². The van der Waals surface area contributed by atoms with E-state index >= 15 is 0 Å². The Bertz CT molecular complexity index is 2970. The molecule has 0 atom stereocenters. The molecule has 0 bridgehead atoms. The Balaban J connectivity index is 1.22. The summed E-state index contributed by atoms with van der Waals surface area (Å²) in [5.74, 6) is 0. The van der Waals surface area contributed by atoms with Crippen LogP contribution in [0.3, 0.4) is 0 Å². The summed E-state index contributed by atoms with van der Waals surface area (Å²) in [7, 11) is 0. The van der Waals surface area contributed by atoms with Crippen LogP contribution < -0.4 is 26.2 Å². The van der Waals surface area contributed by atoms with Crippen molar-refractivity contribution in [2.45, 2.75) is 0 Å². The smallest absolute Gasteiger partial charge is 0.252 e. The highest BCUT2D eigenvalue weighted by Crippen LogP contribution is 2.46. The van der Waals surface area contributed by atoms with E-state index in [0.29, 0.717) is 0 Å². The lowest BCUT2D eigenvalue weighted by Gasteiger charge is -2.44. The molecule has 58 heavy (non-hydrogen) atoms. The van der Waals surface area contributed by atoms with E-state index in [2.05, 4.69) is 233 Å². The molecule has 0 spiro atoms. The molecule has 0 unspecified atom stereocenters. The summed E-state index contributed by atoms with van der Waals surface area (Å²) < 4.78 is 2.52. The van der Waals surface area contributed by atoms with Crippen LogP contribution in [-0.2, 0) is 0 Å². The summed E-state index contributed by atoms with van der Waals surface area (Å²) in [6.07, 6.45) is 0. The van der Waals surface area contributed by atoms with E-state index in [1.807, 2.05) is 0 Å². The molecule has 1 aromatic heterocycles. The number of benzene rings is 9. The van der Waals surface area contributed by atoms with E-state index in [0.717, 1.165) is 17.1 Å². The fourth-order valence-electron chi connectivity index (χ4n) is 9.64. The second-order valence-corrected chi connectivity index (χ2v) is 15.3. The second-order valence-electron chi connectivity index (χ2n) is 15.3. The van der Waals surface area contributed by atoms with Crippen LogP contribution in [0.15, 0.2) is 218 Å². The highest BCUT2D eigenvalue weighted by Gasteiger charge is 2.43. The van der Waals surface area contributed by atoms with Crippen LogP contribution in [0.25, 0.3) is 49.7 Å². The van der Waals surface area contributed by atoms with Gasteiger partial charge in [-0.25, -0.2) is 0 Å². The number of fused-ring (bicyclic) bond motifs is 7. The van der Waals surface area contributed by atoms with Gasteiger partial charge in [0.25, 0.3) is 6.71 Å². The zero-order chi connectivity index (χ0) is 38.2. The molecule has 10 aromatic rings. The topological polar surface area (TPSA) is 11.4 Å². The Morgan fingerprint density at radius 2 is 0.690 bits per heavy atom. The fraction of sp³-hybridized carbons (Fsp3) is 0. The lowest BCUT2D eigenvalue weighted by Crippen LogP contribution is -2.61. The summed E-state index contributed by atoms with van der Waals surface area (Å²) in [5, 5.41) is 2.46. The number of anilines is 6. The van der Waals surface area contributed by atoms with Gasteiger partial charge in [-0.05, 0) is 99.3 Å². The normalized spacial score (nSPS) is 12.7. The van der Waals surface area contributed by atoms with Gasteiger partial charge in [0, 0.05) is 44.9 Å². The number of rotatable bonds is 5. The quantitative estimate of drug-likeness (QED) is 0.163. The van der Waals surface area contributed by atoms with Crippen LogP contribution in [0, 0.1) is 0 Å². The molecule has 3 nitrogen and oxygen atoms in total. The van der Waals surface area contributed by atoms with Crippen LogP contribution in [0.1, 0.15) is 0 Å². The molecular formula is C54H36BN3. The van der Waals surface area contributed by atoms with Gasteiger partial charge in [0.15, 0.2) is 0 Å². The van der Waals surface area contributed by atoms with Crippen molar-refractivity contribution in [1.29, 1.82) is 0 Å². The van der Waals surface area contributed by atoms with E-state index in [-0.39, 0.29) is 6.71 Å². The largest absolute Gasteiger partial charge is 0.311 e. The van der Waals surface area contributed by atoms with Gasteiger partial charge >= 0.3 is 0 Å².